The summed E-state index contributed by atoms with van der Waals surface area (Å²) in [4.78, 5) is 39.9. The summed E-state index contributed by atoms with van der Waals surface area (Å²) in [7, 11) is 0. The van der Waals surface area contributed by atoms with Gasteiger partial charge >= 0.3 is 0 Å². The van der Waals surface area contributed by atoms with Crippen LogP contribution in [0.15, 0.2) is 35.8 Å². The summed E-state index contributed by atoms with van der Waals surface area (Å²) in [5.74, 6) is -4.83. The van der Waals surface area contributed by atoms with Gasteiger partial charge in [0.05, 0.1) is 43.4 Å². The molecule has 5 rings (SSSR count). The number of aromatic nitrogens is 3. The van der Waals surface area contributed by atoms with E-state index in [9.17, 15) is 28.7 Å². The summed E-state index contributed by atoms with van der Waals surface area (Å²) >= 11 is 19.1. The number of anilines is 1. The third-order valence-corrected chi connectivity index (χ3v) is 9.37. The van der Waals surface area contributed by atoms with Crippen LogP contribution in [0.2, 0.25) is 15.1 Å². The summed E-state index contributed by atoms with van der Waals surface area (Å²) in [6, 6.07) is 4.52. The lowest BCUT2D eigenvalue weighted by Crippen LogP contribution is -2.58. The smallest absolute Gasteiger partial charge is 0.276 e. The second-order valence-corrected chi connectivity index (χ2v) is 12.9. The standard InChI is InChI=1S/C33H29Cl3F2N6O3/c1-7-21(45)43-16(5)12-42(13-17(43)6)30-18-10-20(34)28(22-23(35)24(36)25(37)26(38)31(22)46)41-32(18)44(33(47)19(30)11-39)29-15(4)8-9-40-27(29)14(2)3/h7-10,14,16-17,46H,1,12-13H2,2-6H3/t16-,17+. The number of hydrogen-bond acceptors (Lipinski definition) is 7. The highest BCUT2D eigenvalue weighted by atomic mass is 35.5. The molecule has 9 nitrogen and oxygen atoms in total. The lowest BCUT2D eigenvalue weighted by Gasteiger charge is -2.45. The predicted molar refractivity (Wildman–Crippen MR) is 179 cm³/mol. The number of phenols is 1. The molecule has 0 aliphatic carbocycles. The van der Waals surface area contributed by atoms with E-state index < -0.39 is 38.6 Å². The molecule has 1 N–H and O–H groups in total. The number of nitrogens with zero attached hydrogens (tertiary/aromatic N) is 6. The number of rotatable bonds is 5. The fourth-order valence-corrected chi connectivity index (χ4v) is 6.93. The first-order valence-electron chi connectivity index (χ1n) is 14.6. The highest BCUT2D eigenvalue weighted by molar-refractivity contribution is 6.44. The van der Waals surface area contributed by atoms with Gasteiger partial charge in [0, 0.05) is 36.8 Å². The van der Waals surface area contributed by atoms with Crippen molar-refractivity contribution in [2.45, 2.75) is 52.6 Å². The molecule has 0 saturated carbocycles. The average molecular weight is 702 g/mol. The molecule has 1 amide bonds. The van der Waals surface area contributed by atoms with Crippen molar-refractivity contribution in [1.29, 1.82) is 5.26 Å². The van der Waals surface area contributed by atoms with Gasteiger partial charge in [-0.15, -0.1) is 0 Å². The van der Waals surface area contributed by atoms with Crippen LogP contribution in [0.3, 0.4) is 0 Å². The normalized spacial score (nSPS) is 16.6. The van der Waals surface area contributed by atoms with E-state index in [0.717, 1.165) is 0 Å². The van der Waals surface area contributed by atoms with Crippen molar-refractivity contribution in [3.05, 3.63) is 84.9 Å². The zero-order valence-corrected chi connectivity index (χ0v) is 28.3. The second-order valence-electron chi connectivity index (χ2n) is 11.7. The molecular weight excluding hydrogens is 673 g/mol. The molecule has 4 aromatic rings. The van der Waals surface area contributed by atoms with Crippen LogP contribution < -0.4 is 10.5 Å². The van der Waals surface area contributed by atoms with E-state index in [0.29, 0.717) is 16.9 Å². The van der Waals surface area contributed by atoms with E-state index in [1.54, 1.807) is 24.1 Å². The number of carbonyl (C=O) groups is 1. The Balaban J connectivity index is 1.95. The number of aryl methyl sites for hydroxylation is 1. The van der Waals surface area contributed by atoms with Gasteiger partial charge in [-0.25, -0.2) is 9.37 Å². The van der Waals surface area contributed by atoms with Gasteiger partial charge < -0.3 is 14.9 Å². The van der Waals surface area contributed by atoms with Gasteiger partial charge in [-0.1, -0.05) is 55.2 Å². The third kappa shape index (κ3) is 5.48. The Labute approximate surface area is 284 Å². The molecule has 1 aliphatic heterocycles. The molecule has 1 saturated heterocycles. The Bertz CT molecular complexity index is 2050. The van der Waals surface area contributed by atoms with E-state index in [2.05, 4.69) is 22.6 Å². The fraction of sp³-hybridized carbons (Fsp3) is 0.303. The molecule has 0 unspecified atom stereocenters. The molecule has 14 heteroatoms. The van der Waals surface area contributed by atoms with Crippen LogP contribution in [0.1, 0.15) is 50.4 Å². The Morgan fingerprint density at radius 2 is 1.79 bits per heavy atom. The van der Waals surface area contributed by atoms with Crippen LogP contribution in [0.4, 0.5) is 14.5 Å². The molecule has 0 bridgehead atoms. The maximum atomic E-state index is 14.8. The minimum atomic E-state index is -1.66. The summed E-state index contributed by atoms with van der Waals surface area (Å²) in [6.45, 7) is 13.3. The minimum absolute atomic E-state index is 0.0253. The van der Waals surface area contributed by atoms with Gasteiger partial charge in [0.2, 0.25) is 11.7 Å². The van der Waals surface area contributed by atoms with Crippen LogP contribution in [0.25, 0.3) is 28.0 Å². The van der Waals surface area contributed by atoms with Crippen LogP contribution in [0, 0.1) is 29.9 Å². The number of hydrogen-bond donors (Lipinski definition) is 1. The molecule has 1 fully saturated rings. The number of carbonyl (C=O) groups excluding carboxylic acids is 1. The van der Waals surface area contributed by atoms with E-state index >= 15 is 0 Å². The van der Waals surface area contributed by atoms with Crippen molar-refractivity contribution < 1.29 is 18.7 Å². The SMILES string of the molecule is C=CC(=O)N1[C@H](C)CN(c2c(C#N)c(=O)n(-c3c(C)ccnc3C(C)C)c3nc(-c4c(O)c(F)c(F)c(Cl)c4Cl)c(Cl)cc23)C[C@@H]1C. The summed E-state index contributed by atoms with van der Waals surface area (Å²) in [5.41, 5.74) is 0.0147. The summed E-state index contributed by atoms with van der Waals surface area (Å²) in [5, 5.41) is 19.9. The Morgan fingerprint density at radius 1 is 1.15 bits per heavy atom. The first kappa shape index (κ1) is 34.1. The first-order valence-corrected chi connectivity index (χ1v) is 15.7. The summed E-state index contributed by atoms with van der Waals surface area (Å²) in [6.07, 6.45) is 2.84. The average Bonchev–Trinajstić information content (AvgIpc) is 3.02. The van der Waals surface area contributed by atoms with Crippen molar-refractivity contribution in [2.75, 3.05) is 18.0 Å². The van der Waals surface area contributed by atoms with E-state index in [1.807, 2.05) is 32.6 Å². The molecule has 2 atom stereocenters. The van der Waals surface area contributed by atoms with Crippen LogP contribution in [0.5, 0.6) is 5.75 Å². The summed E-state index contributed by atoms with van der Waals surface area (Å²) < 4.78 is 30.4. The monoisotopic (exact) mass is 700 g/mol. The molecule has 1 aromatic carbocycles. The number of piperazine rings is 1. The molecule has 244 valence electrons. The van der Waals surface area contributed by atoms with E-state index in [-0.39, 0.29) is 70.0 Å². The van der Waals surface area contributed by atoms with Gasteiger partial charge in [-0.3, -0.25) is 19.1 Å². The lowest BCUT2D eigenvalue weighted by molar-refractivity contribution is -0.130. The maximum absolute atomic E-state index is 14.8. The predicted octanol–water partition coefficient (Wildman–Crippen LogP) is 7.31. The zero-order chi connectivity index (χ0) is 34.6. The van der Waals surface area contributed by atoms with Gasteiger partial charge in [-0.05, 0) is 50.5 Å². The van der Waals surface area contributed by atoms with Crippen molar-refractivity contribution in [2.24, 2.45) is 0 Å². The van der Waals surface area contributed by atoms with E-state index in [1.165, 1.54) is 16.7 Å². The topological polar surface area (TPSA) is 115 Å². The molecule has 47 heavy (non-hydrogen) atoms. The molecule has 4 heterocycles. The number of pyridine rings is 3. The fourth-order valence-electron chi connectivity index (χ4n) is 6.25. The number of phenolic OH excluding ortho intramolecular Hbond substituents is 1. The number of benzene rings is 1. The highest BCUT2D eigenvalue weighted by Crippen LogP contribution is 2.47. The van der Waals surface area contributed by atoms with Crippen molar-refractivity contribution in [1.82, 2.24) is 19.4 Å². The molecular formula is C33H29Cl3F2N6O3. The molecule has 3 aromatic heterocycles. The maximum Gasteiger partial charge on any atom is 0.276 e. The number of halogens is 5. The lowest BCUT2D eigenvalue weighted by atomic mass is 10.0. The van der Waals surface area contributed by atoms with Crippen LogP contribution >= 0.6 is 34.8 Å². The largest absolute Gasteiger partial charge is 0.504 e. The van der Waals surface area contributed by atoms with Gasteiger partial charge in [0.25, 0.3) is 5.56 Å². The Hall–Kier alpha value is -4.24. The molecule has 1 aliphatic rings. The number of amides is 1. The van der Waals surface area contributed by atoms with Crippen LogP contribution in [-0.4, -0.2) is 55.6 Å². The van der Waals surface area contributed by atoms with E-state index in [4.69, 9.17) is 34.8 Å². The molecule has 0 spiro atoms. The Kier molecular flexibility index (Phi) is 9.25. The number of fused-ring (bicyclic) bond motifs is 1. The highest BCUT2D eigenvalue weighted by Gasteiger charge is 2.36. The van der Waals surface area contributed by atoms with Gasteiger partial charge in [0.1, 0.15) is 17.3 Å². The van der Waals surface area contributed by atoms with Gasteiger partial charge in [0.15, 0.2) is 11.6 Å². The van der Waals surface area contributed by atoms with Gasteiger partial charge in [-0.2, -0.15) is 9.65 Å². The number of aromatic hydroxyl groups is 1. The minimum Gasteiger partial charge on any atom is -0.504 e. The van der Waals surface area contributed by atoms with Crippen molar-refractivity contribution in [3.8, 4) is 28.8 Å². The quantitative estimate of drug-likeness (QED) is 0.132. The number of nitriles is 1. The van der Waals surface area contributed by atoms with Crippen LogP contribution in [-0.2, 0) is 4.79 Å². The first-order chi connectivity index (χ1) is 22.2. The third-order valence-electron chi connectivity index (χ3n) is 8.26. The molecule has 0 radical (unpaired) electrons. The van der Waals surface area contributed by atoms with Crippen molar-refractivity contribution in [3.63, 3.8) is 0 Å². The second kappa shape index (κ2) is 12.8. The van der Waals surface area contributed by atoms with Crippen molar-refractivity contribution >= 4 is 57.4 Å². The Morgan fingerprint density at radius 3 is 2.36 bits per heavy atom. The zero-order valence-electron chi connectivity index (χ0n) is 26.0.